The van der Waals surface area contributed by atoms with Gasteiger partial charge in [0.25, 0.3) is 5.91 Å². The average Bonchev–Trinajstić information content (AvgIpc) is 2.72. The zero-order chi connectivity index (χ0) is 25.3. The minimum absolute atomic E-state index is 0. The third-order valence-electron chi connectivity index (χ3n) is 7.33. The lowest BCUT2D eigenvalue weighted by Gasteiger charge is -2.50. The van der Waals surface area contributed by atoms with Gasteiger partial charge < -0.3 is 26.2 Å². The molecular weight excluding hydrogens is 452 g/mol. The van der Waals surface area contributed by atoms with Crippen LogP contribution in [0.1, 0.15) is 44.4 Å². The standard InChI is InChI=1S/C25H30N2O7.CH4/c1-10(2)7-11-5-6-15(28)17-13(11)8-12-9-14-19(27(3)4)21(30)18(24(26)33)23(32)25(14,34)22(31)16(12)20(17)29;/h5-6,10,12,14,19,28-29,32,34H,7-9H2,1-4H3,(H2,26,33);1H4/t12-,14-,19-,25-;/m0./s1. The van der Waals surface area contributed by atoms with Gasteiger partial charge in [-0.05, 0) is 62.4 Å². The van der Waals surface area contributed by atoms with Crippen LogP contribution < -0.4 is 5.73 Å². The number of nitrogens with zero attached hydrogens (tertiary/aromatic N) is 1. The number of hydrogen-bond donors (Lipinski definition) is 5. The van der Waals surface area contributed by atoms with E-state index in [1.807, 2.05) is 13.8 Å². The fourth-order valence-corrected chi connectivity index (χ4v) is 5.94. The number of rotatable bonds is 4. The summed E-state index contributed by atoms with van der Waals surface area (Å²) in [5, 5.41) is 44.1. The summed E-state index contributed by atoms with van der Waals surface area (Å²) < 4.78 is 0. The van der Waals surface area contributed by atoms with Crippen LogP contribution in [0.5, 0.6) is 5.75 Å². The van der Waals surface area contributed by atoms with Crippen LogP contribution in [0.2, 0.25) is 0 Å². The predicted octanol–water partition coefficient (Wildman–Crippen LogP) is 1.80. The van der Waals surface area contributed by atoms with E-state index in [4.69, 9.17) is 5.73 Å². The number of amides is 1. The van der Waals surface area contributed by atoms with Crippen LogP contribution in [0.15, 0.2) is 29.0 Å². The Morgan fingerprint density at radius 1 is 1.20 bits per heavy atom. The van der Waals surface area contributed by atoms with Crippen LogP contribution in [0, 0.1) is 17.8 Å². The fraction of sp³-hybridized carbons (Fsp3) is 0.500. The van der Waals surface area contributed by atoms with E-state index in [1.165, 1.54) is 11.0 Å². The Morgan fingerprint density at radius 2 is 1.83 bits per heavy atom. The lowest BCUT2D eigenvalue weighted by molar-refractivity contribution is -0.153. The third-order valence-corrected chi connectivity index (χ3v) is 7.33. The minimum atomic E-state index is -2.62. The Bertz CT molecular complexity index is 1180. The number of primary amides is 1. The molecule has 1 amide bonds. The number of aliphatic hydroxyl groups excluding tert-OH is 2. The second-order valence-electron chi connectivity index (χ2n) is 10.2. The Morgan fingerprint density at radius 3 is 2.37 bits per heavy atom. The first-order valence-corrected chi connectivity index (χ1v) is 11.3. The SMILES string of the molecule is C.CC(C)Cc1ccc(O)c2c1C[C@H]1C[C@H]3[C@H](N(C)C)C(=O)C(C(N)=O)=C(O)[C@@]3(O)C(=O)C1=C2O. The molecule has 3 aliphatic carbocycles. The third kappa shape index (κ3) is 3.65. The van der Waals surface area contributed by atoms with Gasteiger partial charge in [0.15, 0.2) is 11.4 Å². The maximum atomic E-state index is 13.7. The number of benzene rings is 1. The molecule has 3 aliphatic rings. The highest BCUT2D eigenvalue weighted by atomic mass is 16.3. The maximum Gasteiger partial charge on any atom is 0.255 e. The van der Waals surface area contributed by atoms with Crippen molar-refractivity contribution in [2.24, 2.45) is 23.5 Å². The normalized spacial score (nSPS) is 28.0. The van der Waals surface area contributed by atoms with Gasteiger partial charge in [0.05, 0.1) is 11.6 Å². The monoisotopic (exact) mass is 486 g/mol. The molecule has 0 spiro atoms. The van der Waals surface area contributed by atoms with Crippen molar-refractivity contribution in [3.63, 3.8) is 0 Å². The number of hydrogen-bond acceptors (Lipinski definition) is 8. The molecule has 0 aliphatic heterocycles. The summed E-state index contributed by atoms with van der Waals surface area (Å²) in [6.07, 6.45) is 1.09. The number of Topliss-reactive ketones (excluding diaryl/α,β-unsaturated/α-hetero) is 2. The van der Waals surface area contributed by atoms with E-state index in [2.05, 4.69) is 0 Å². The number of ketones is 2. The number of carbonyl (C=O) groups is 3. The number of phenols is 1. The number of carbonyl (C=O) groups excluding carboxylic acids is 3. The van der Waals surface area contributed by atoms with Crippen molar-refractivity contribution >= 4 is 23.2 Å². The van der Waals surface area contributed by atoms with Crippen LogP contribution in [0.25, 0.3) is 5.76 Å². The number of phenolic OH excluding ortho intramolecular Hbond substituents is 1. The van der Waals surface area contributed by atoms with Crippen molar-refractivity contribution in [1.82, 2.24) is 4.90 Å². The van der Waals surface area contributed by atoms with E-state index in [0.29, 0.717) is 18.8 Å². The van der Waals surface area contributed by atoms with E-state index >= 15 is 0 Å². The number of nitrogens with two attached hydrogens (primary N) is 1. The largest absolute Gasteiger partial charge is 0.508 e. The molecular formula is C26H34N2O7. The number of likely N-dealkylation sites (N-methyl/N-ethyl adjacent to an activating group) is 1. The van der Waals surface area contributed by atoms with Crippen molar-refractivity contribution in [2.75, 3.05) is 14.1 Å². The Hall–Kier alpha value is -3.17. The van der Waals surface area contributed by atoms with Crippen LogP contribution in [-0.2, 0) is 27.2 Å². The second kappa shape index (κ2) is 8.80. The molecule has 1 fully saturated rings. The average molecular weight is 487 g/mol. The maximum absolute atomic E-state index is 13.7. The summed E-state index contributed by atoms with van der Waals surface area (Å²) in [4.78, 5) is 40.3. The van der Waals surface area contributed by atoms with E-state index in [-0.39, 0.29) is 30.7 Å². The number of fused-ring (bicyclic) bond motifs is 3. The van der Waals surface area contributed by atoms with Gasteiger partial charge in [0.2, 0.25) is 5.78 Å². The molecule has 0 heterocycles. The van der Waals surface area contributed by atoms with E-state index < -0.39 is 58.0 Å². The van der Waals surface area contributed by atoms with Gasteiger partial charge in [-0.15, -0.1) is 0 Å². The predicted molar refractivity (Wildman–Crippen MR) is 130 cm³/mol. The van der Waals surface area contributed by atoms with Gasteiger partial charge in [-0.2, -0.15) is 0 Å². The molecule has 9 nitrogen and oxygen atoms in total. The fourth-order valence-electron chi connectivity index (χ4n) is 5.94. The first-order chi connectivity index (χ1) is 15.8. The molecule has 0 saturated heterocycles. The van der Waals surface area contributed by atoms with Crippen molar-refractivity contribution in [2.45, 2.75) is 52.2 Å². The minimum Gasteiger partial charge on any atom is -0.508 e. The molecule has 9 heteroatoms. The molecule has 1 aromatic carbocycles. The molecule has 1 aromatic rings. The van der Waals surface area contributed by atoms with Gasteiger partial charge in [-0.1, -0.05) is 27.3 Å². The van der Waals surface area contributed by atoms with E-state index in [0.717, 1.165) is 11.1 Å². The van der Waals surface area contributed by atoms with Crippen LogP contribution >= 0.6 is 0 Å². The van der Waals surface area contributed by atoms with Gasteiger partial charge >= 0.3 is 0 Å². The summed E-state index contributed by atoms with van der Waals surface area (Å²) in [6.45, 7) is 4.10. The highest BCUT2D eigenvalue weighted by Gasteiger charge is 2.64. The van der Waals surface area contributed by atoms with Crippen molar-refractivity contribution in [1.29, 1.82) is 0 Å². The summed E-state index contributed by atoms with van der Waals surface area (Å²) in [5.41, 5.74) is 3.55. The molecule has 0 radical (unpaired) electrons. The Balaban J connectivity index is 0.00000342. The van der Waals surface area contributed by atoms with Gasteiger partial charge in [-0.3, -0.25) is 19.3 Å². The number of aliphatic hydroxyl groups is 3. The first kappa shape index (κ1) is 26.4. The first-order valence-electron chi connectivity index (χ1n) is 11.3. The topological polar surface area (TPSA) is 161 Å². The number of aromatic hydroxyl groups is 1. The van der Waals surface area contributed by atoms with Crippen LogP contribution in [0.4, 0.5) is 0 Å². The molecule has 4 rings (SSSR count). The second-order valence-corrected chi connectivity index (χ2v) is 10.2. The lowest BCUT2D eigenvalue weighted by atomic mass is 9.57. The van der Waals surface area contributed by atoms with Crippen molar-refractivity contribution in [3.05, 3.63) is 45.7 Å². The molecule has 0 bridgehead atoms. The zero-order valence-corrected chi connectivity index (χ0v) is 19.6. The van der Waals surface area contributed by atoms with Gasteiger partial charge in [-0.25, -0.2) is 0 Å². The molecule has 35 heavy (non-hydrogen) atoms. The highest BCUT2D eigenvalue weighted by molar-refractivity contribution is 6.24. The molecule has 1 saturated carbocycles. The smallest absolute Gasteiger partial charge is 0.255 e. The summed E-state index contributed by atoms with van der Waals surface area (Å²) in [6, 6.07) is 2.17. The van der Waals surface area contributed by atoms with E-state index in [1.54, 1.807) is 20.2 Å². The molecule has 190 valence electrons. The van der Waals surface area contributed by atoms with E-state index in [9.17, 15) is 34.8 Å². The Labute approximate surface area is 204 Å². The summed E-state index contributed by atoms with van der Waals surface area (Å²) >= 11 is 0. The molecule has 0 aromatic heterocycles. The Kier molecular flexibility index (Phi) is 6.65. The van der Waals surface area contributed by atoms with Crippen molar-refractivity contribution < 1.29 is 34.8 Å². The quantitative estimate of drug-likeness (QED) is 0.403. The summed E-state index contributed by atoms with van der Waals surface area (Å²) in [7, 11) is 3.15. The van der Waals surface area contributed by atoms with Crippen LogP contribution in [-0.4, -0.2) is 68.5 Å². The highest BCUT2D eigenvalue weighted by Crippen LogP contribution is 2.53. The molecule has 4 atom stereocenters. The lowest BCUT2D eigenvalue weighted by Crippen LogP contribution is -2.65. The zero-order valence-electron chi connectivity index (χ0n) is 19.6. The molecule has 6 N–H and O–H groups in total. The molecule has 0 unspecified atom stereocenters. The van der Waals surface area contributed by atoms with Crippen LogP contribution in [0.3, 0.4) is 0 Å². The summed E-state index contributed by atoms with van der Waals surface area (Å²) in [5.74, 6) is -6.07. The van der Waals surface area contributed by atoms with Gasteiger partial charge in [0.1, 0.15) is 22.8 Å². The van der Waals surface area contributed by atoms with Crippen molar-refractivity contribution in [3.8, 4) is 5.75 Å². The van der Waals surface area contributed by atoms with Gasteiger partial charge in [0, 0.05) is 11.5 Å².